The molecule has 0 aromatic carbocycles. The van der Waals surface area contributed by atoms with Crippen LogP contribution in [0.2, 0.25) is 0 Å². The van der Waals surface area contributed by atoms with Gasteiger partial charge in [0.1, 0.15) is 30.2 Å². The van der Waals surface area contributed by atoms with Gasteiger partial charge in [0, 0.05) is 18.8 Å². The maximum atomic E-state index is 13.1. The van der Waals surface area contributed by atoms with Gasteiger partial charge in [-0.25, -0.2) is 0 Å². The molecule has 358 valence electrons. The van der Waals surface area contributed by atoms with E-state index in [-0.39, 0.29) is 18.8 Å². The summed E-state index contributed by atoms with van der Waals surface area (Å²) in [7, 11) is 0. The third kappa shape index (κ3) is 30.4. The Labute approximate surface area is 369 Å². The number of aliphatic hydroxyl groups is 6. The van der Waals surface area contributed by atoms with Gasteiger partial charge in [-0.2, -0.15) is 0 Å². The van der Waals surface area contributed by atoms with Gasteiger partial charge in [0.05, 0.1) is 25.4 Å². The smallest absolute Gasteiger partial charge is 0.186 e. The molecule has 6 N–H and O–H groups in total. The Kier molecular flexibility index (Phi) is 39.3. The molecule has 0 amide bonds. The molecule has 1 fully saturated rings. The summed E-state index contributed by atoms with van der Waals surface area (Å²) >= 11 is 0. The van der Waals surface area contributed by atoms with Crippen LogP contribution >= 0.6 is 0 Å². The topological polar surface area (TPSA) is 157 Å². The van der Waals surface area contributed by atoms with E-state index < -0.39 is 55.4 Å². The van der Waals surface area contributed by atoms with Crippen LogP contribution in [0.25, 0.3) is 0 Å². The van der Waals surface area contributed by atoms with Gasteiger partial charge >= 0.3 is 0 Å². The summed E-state index contributed by atoms with van der Waals surface area (Å²) in [6, 6.07) is 0. The lowest BCUT2D eigenvalue weighted by atomic mass is 9.89. The summed E-state index contributed by atoms with van der Waals surface area (Å²) in [6.45, 7) is 3.76. The molecule has 0 aliphatic carbocycles. The van der Waals surface area contributed by atoms with Crippen molar-refractivity contribution in [2.45, 2.75) is 301 Å². The van der Waals surface area contributed by atoms with Crippen LogP contribution in [0.5, 0.6) is 0 Å². The van der Waals surface area contributed by atoms with Crippen molar-refractivity contribution in [2.24, 2.45) is 5.92 Å². The molecular weight excluding hydrogens is 757 g/mol. The lowest BCUT2D eigenvalue weighted by Crippen LogP contribution is -2.59. The van der Waals surface area contributed by atoms with Crippen molar-refractivity contribution in [1.82, 2.24) is 0 Å². The molecule has 0 aromatic heterocycles. The van der Waals surface area contributed by atoms with Gasteiger partial charge in [-0.05, 0) is 12.8 Å². The van der Waals surface area contributed by atoms with Crippen LogP contribution in [-0.2, 0) is 14.3 Å². The summed E-state index contributed by atoms with van der Waals surface area (Å²) in [4.78, 5) is 13.1. The second kappa shape index (κ2) is 41.1. The molecule has 60 heavy (non-hydrogen) atoms. The second-order valence-corrected chi connectivity index (χ2v) is 18.8. The predicted octanol–water partition coefficient (Wildman–Crippen LogP) is 11.6. The third-order valence-corrected chi connectivity index (χ3v) is 13.1. The van der Waals surface area contributed by atoms with Crippen molar-refractivity contribution in [3.63, 3.8) is 0 Å². The minimum absolute atomic E-state index is 0.00230. The summed E-state index contributed by atoms with van der Waals surface area (Å²) in [5, 5.41) is 62.6. The number of ether oxygens (including phenoxy) is 2. The quantitative estimate of drug-likeness (QED) is 0.0328. The molecule has 5 unspecified atom stereocenters. The standard InChI is InChI=1S/C51H100O9/c1-3-5-7-9-11-13-15-17-18-19-20-21-22-23-24-25-26-27-28-30-32-34-36-38-44(53)40-43(42-59-51-50(58)49(57)48(56)46(41-52)60-51)47(55)45(54)39-37-35-33-31-29-16-14-12-10-8-6-4-2/h43,45-52,54-58H,3-42H2,1-2H3/t43-,45+,46?,47-,48?,49?,50?,51?/m0/s1. The van der Waals surface area contributed by atoms with Crippen molar-refractivity contribution in [3.05, 3.63) is 0 Å². The van der Waals surface area contributed by atoms with E-state index in [9.17, 15) is 35.4 Å². The largest absolute Gasteiger partial charge is 0.394 e. The summed E-state index contributed by atoms with van der Waals surface area (Å²) in [5.74, 6) is -0.737. The van der Waals surface area contributed by atoms with Gasteiger partial charge in [0.15, 0.2) is 6.29 Å². The highest BCUT2D eigenvalue weighted by molar-refractivity contribution is 5.78. The molecule has 1 aliphatic rings. The maximum Gasteiger partial charge on any atom is 0.186 e. The molecule has 0 aromatic rings. The predicted molar refractivity (Wildman–Crippen MR) is 247 cm³/mol. The summed E-state index contributed by atoms with van der Waals surface area (Å²) in [6.07, 6.45) is 36.3. The monoisotopic (exact) mass is 857 g/mol. The van der Waals surface area contributed by atoms with Crippen molar-refractivity contribution < 1.29 is 44.9 Å². The van der Waals surface area contributed by atoms with E-state index in [1.165, 1.54) is 186 Å². The zero-order chi connectivity index (χ0) is 43.9. The highest BCUT2D eigenvalue weighted by atomic mass is 16.7. The van der Waals surface area contributed by atoms with E-state index in [1.54, 1.807) is 0 Å². The SMILES string of the molecule is CCCCCCCCCCCCCCCCCCCCCCCCCC(=O)C[C@@H](COC1OC(CO)C(O)C(O)C1O)[C@H](O)[C@H](O)CCCCCCCCCCCCCC. The van der Waals surface area contributed by atoms with E-state index in [1.807, 2.05) is 0 Å². The zero-order valence-corrected chi connectivity index (χ0v) is 39.3. The maximum absolute atomic E-state index is 13.1. The van der Waals surface area contributed by atoms with Crippen molar-refractivity contribution in [1.29, 1.82) is 0 Å². The van der Waals surface area contributed by atoms with Gasteiger partial charge in [-0.3, -0.25) is 4.79 Å². The molecule has 0 saturated carbocycles. The van der Waals surface area contributed by atoms with Gasteiger partial charge in [-0.1, -0.05) is 232 Å². The van der Waals surface area contributed by atoms with Crippen molar-refractivity contribution in [2.75, 3.05) is 13.2 Å². The normalized spacial score (nSPS) is 21.0. The number of ketones is 1. The summed E-state index contributed by atoms with van der Waals surface area (Å²) < 4.78 is 11.3. The highest BCUT2D eigenvalue weighted by Crippen LogP contribution is 2.26. The number of carbonyl (C=O) groups is 1. The van der Waals surface area contributed by atoms with Crippen molar-refractivity contribution >= 4 is 5.78 Å². The number of carbonyl (C=O) groups excluding carboxylic acids is 1. The fourth-order valence-electron chi connectivity index (χ4n) is 8.88. The molecule has 9 heteroatoms. The van der Waals surface area contributed by atoms with Crippen LogP contribution in [0.1, 0.15) is 258 Å². The number of hydrogen-bond acceptors (Lipinski definition) is 9. The number of aliphatic hydroxyl groups excluding tert-OH is 6. The molecule has 9 nitrogen and oxygen atoms in total. The van der Waals surface area contributed by atoms with E-state index in [0.29, 0.717) is 12.8 Å². The average molecular weight is 857 g/mol. The summed E-state index contributed by atoms with van der Waals surface area (Å²) in [5.41, 5.74) is 0. The van der Waals surface area contributed by atoms with Crippen LogP contribution < -0.4 is 0 Å². The molecule has 8 atom stereocenters. The Balaban J connectivity index is 2.26. The van der Waals surface area contributed by atoms with E-state index in [0.717, 1.165) is 38.5 Å². The van der Waals surface area contributed by atoms with E-state index in [2.05, 4.69) is 13.8 Å². The van der Waals surface area contributed by atoms with E-state index in [4.69, 9.17) is 9.47 Å². The van der Waals surface area contributed by atoms with E-state index >= 15 is 0 Å². The third-order valence-electron chi connectivity index (χ3n) is 13.1. The van der Waals surface area contributed by atoms with Crippen LogP contribution in [0.15, 0.2) is 0 Å². The molecule has 1 heterocycles. The molecule has 1 rings (SSSR count). The van der Waals surface area contributed by atoms with Crippen LogP contribution in [0.3, 0.4) is 0 Å². The Hall–Kier alpha value is -0.650. The zero-order valence-electron chi connectivity index (χ0n) is 39.3. The van der Waals surface area contributed by atoms with Crippen LogP contribution in [0.4, 0.5) is 0 Å². The van der Waals surface area contributed by atoms with Gasteiger partial charge in [0.2, 0.25) is 0 Å². The molecule has 0 spiro atoms. The first-order chi connectivity index (χ1) is 29.3. The fourth-order valence-corrected chi connectivity index (χ4v) is 8.88. The molecule has 1 saturated heterocycles. The number of hydrogen-bond donors (Lipinski definition) is 6. The van der Waals surface area contributed by atoms with Crippen LogP contribution in [-0.4, -0.2) is 92.5 Å². The first kappa shape index (κ1) is 57.4. The second-order valence-electron chi connectivity index (χ2n) is 18.8. The fraction of sp³-hybridized carbons (Fsp3) is 0.980. The van der Waals surface area contributed by atoms with Gasteiger partial charge < -0.3 is 40.1 Å². The number of unbranched alkanes of at least 4 members (excludes halogenated alkanes) is 33. The minimum Gasteiger partial charge on any atom is -0.394 e. The van der Waals surface area contributed by atoms with Gasteiger partial charge in [0.25, 0.3) is 0 Å². The highest BCUT2D eigenvalue weighted by Gasteiger charge is 2.44. The minimum atomic E-state index is -1.58. The van der Waals surface area contributed by atoms with Gasteiger partial charge in [-0.15, -0.1) is 0 Å². The molecule has 0 bridgehead atoms. The Bertz CT molecular complexity index is 919. The molecule has 0 radical (unpaired) electrons. The molecular formula is C51H100O9. The Morgan fingerprint density at radius 3 is 1.22 bits per heavy atom. The average Bonchev–Trinajstić information content (AvgIpc) is 3.25. The number of rotatable bonds is 45. The first-order valence-corrected chi connectivity index (χ1v) is 26.1. The van der Waals surface area contributed by atoms with Crippen LogP contribution in [0, 0.1) is 5.92 Å². The first-order valence-electron chi connectivity index (χ1n) is 26.1. The Morgan fingerprint density at radius 1 is 0.500 bits per heavy atom. The number of Topliss-reactive ketones (excluding diaryl/α,β-unsaturated/α-hetero) is 1. The molecule has 1 aliphatic heterocycles. The van der Waals surface area contributed by atoms with Crippen molar-refractivity contribution in [3.8, 4) is 0 Å². The Morgan fingerprint density at radius 2 is 0.850 bits per heavy atom. The lowest BCUT2D eigenvalue weighted by Gasteiger charge is -2.40. The lowest BCUT2D eigenvalue weighted by molar-refractivity contribution is -0.304.